The van der Waals surface area contributed by atoms with E-state index in [9.17, 15) is 18.0 Å². The average Bonchev–Trinajstić information content (AvgIpc) is 2.76. The third-order valence-electron chi connectivity index (χ3n) is 4.81. The number of sulfonamides is 1. The summed E-state index contributed by atoms with van der Waals surface area (Å²) >= 11 is 6.04. The zero-order valence-electron chi connectivity index (χ0n) is 19.1. The Morgan fingerprint density at radius 2 is 1.70 bits per heavy atom. The Bertz CT molecular complexity index is 1140. The molecule has 0 aliphatic carbocycles. The lowest BCUT2D eigenvalue weighted by atomic mass is 10.1. The number of hydrogen-bond donors (Lipinski definition) is 1. The number of anilines is 2. The molecule has 0 heterocycles. The third-order valence-corrected chi connectivity index (χ3v) is 6.22. The highest BCUT2D eigenvalue weighted by Crippen LogP contribution is 2.34. The number of benzene rings is 2. The minimum atomic E-state index is -3.60. The van der Waals surface area contributed by atoms with E-state index in [1.165, 1.54) is 37.8 Å². The van der Waals surface area contributed by atoms with E-state index in [0.717, 1.165) is 11.8 Å². The molecule has 11 heteroatoms. The van der Waals surface area contributed by atoms with Crippen LogP contribution in [0.15, 0.2) is 30.3 Å². The number of nitrogens with one attached hydrogen (secondary N) is 1. The minimum absolute atomic E-state index is 0.000586. The van der Waals surface area contributed by atoms with Crippen molar-refractivity contribution in [1.29, 1.82) is 0 Å². The Morgan fingerprint density at radius 1 is 1.06 bits per heavy atom. The van der Waals surface area contributed by atoms with Gasteiger partial charge in [0, 0.05) is 30.1 Å². The van der Waals surface area contributed by atoms with Crippen LogP contribution >= 0.6 is 11.6 Å². The predicted octanol–water partition coefficient (Wildman–Crippen LogP) is 3.64. The van der Waals surface area contributed by atoms with Gasteiger partial charge >= 0.3 is 5.97 Å². The quantitative estimate of drug-likeness (QED) is 0.498. The number of rotatable bonds is 10. The van der Waals surface area contributed by atoms with Crippen LogP contribution in [0.4, 0.5) is 11.4 Å². The predicted molar refractivity (Wildman–Crippen MR) is 127 cm³/mol. The molecule has 0 aliphatic rings. The molecule has 1 N–H and O–H groups in total. The van der Waals surface area contributed by atoms with Crippen LogP contribution in [0, 0.1) is 6.92 Å². The van der Waals surface area contributed by atoms with Crippen molar-refractivity contribution in [3.8, 4) is 11.5 Å². The van der Waals surface area contributed by atoms with Crippen molar-refractivity contribution >= 4 is 44.9 Å². The molecule has 0 radical (unpaired) electrons. The van der Waals surface area contributed by atoms with Crippen molar-refractivity contribution in [3.63, 3.8) is 0 Å². The number of aryl methyl sites for hydroxylation is 1. The molecule has 0 aliphatic heterocycles. The van der Waals surface area contributed by atoms with E-state index in [0.29, 0.717) is 22.2 Å². The molecular formula is C22H27ClN2O7S. The second-order valence-corrected chi connectivity index (χ2v) is 9.51. The summed E-state index contributed by atoms with van der Waals surface area (Å²) in [5.74, 6) is -0.453. The van der Waals surface area contributed by atoms with E-state index >= 15 is 0 Å². The number of carbonyl (C=O) groups excluding carboxylic acids is 2. The highest BCUT2D eigenvalue weighted by atomic mass is 35.5. The number of halogens is 1. The Morgan fingerprint density at radius 3 is 2.27 bits per heavy atom. The number of esters is 1. The molecule has 0 bridgehead atoms. The van der Waals surface area contributed by atoms with E-state index < -0.39 is 21.9 Å². The van der Waals surface area contributed by atoms with Gasteiger partial charge in [-0.25, -0.2) is 13.2 Å². The van der Waals surface area contributed by atoms with Gasteiger partial charge in [0.15, 0.2) is 11.5 Å². The second-order valence-electron chi connectivity index (χ2n) is 7.16. The van der Waals surface area contributed by atoms with Crippen molar-refractivity contribution < 1.29 is 32.2 Å². The van der Waals surface area contributed by atoms with Crippen LogP contribution in [0.3, 0.4) is 0 Å². The van der Waals surface area contributed by atoms with Gasteiger partial charge in [0.2, 0.25) is 15.9 Å². The van der Waals surface area contributed by atoms with Crippen LogP contribution < -0.4 is 19.1 Å². The molecular weight excluding hydrogens is 472 g/mol. The fourth-order valence-electron chi connectivity index (χ4n) is 3.17. The van der Waals surface area contributed by atoms with Crippen molar-refractivity contribution in [2.75, 3.05) is 43.8 Å². The highest BCUT2D eigenvalue weighted by molar-refractivity contribution is 7.92. The standard InChI is InChI=1S/C22H27ClN2O7S/c1-14-8-9-15(23)11-18(14)25(33(5,28)29)10-6-7-21(26)24-17-13-20(31-3)19(30-2)12-16(17)22(27)32-4/h8-9,11-13H,6-7,10H2,1-5H3,(H,24,26). The van der Waals surface area contributed by atoms with E-state index in [-0.39, 0.29) is 30.6 Å². The molecule has 9 nitrogen and oxygen atoms in total. The smallest absolute Gasteiger partial charge is 0.340 e. The number of carbonyl (C=O) groups is 2. The summed E-state index contributed by atoms with van der Waals surface area (Å²) in [6.07, 6.45) is 1.33. The first-order chi connectivity index (χ1) is 15.5. The monoisotopic (exact) mass is 498 g/mol. The SMILES string of the molecule is COC(=O)c1cc(OC)c(OC)cc1NC(=O)CCCN(c1cc(Cl)ccc1C)S(C)(=O)=O. The van der Waals surface area contributed by atoms with E-state index in [1.807, 2.05) is 0 Å². The summed E-state index contributed by atoms with van der Waals surface area (Å²) in [4.78, 5) is 24.8. The highest BCUT2D eigenvalue weighted by Gasteiger charge is 2.21. The largest absolute Gasteiger partial charge is 0.493 e. The van der Waals surface area contributed by atoms with Crippen LogP contribution in [0.1, 0.15) is 28.8 Å². The molecule has 2 aromatic carbocycles. The van der Waals surface area contributed by atoms with Gasteiger partial charge in [-0.05, 0) is 31.0 Å². The normalized spacial score (nSPS) is 11.0. The van der Waals surface area contributed by atoms with Gasteiger partial charge < -0.3 is 19.5 Å². The molecule has 0 saturated carbocycles. The molecule has 33 heavy (non-hydrogen) atoms. The Hall–Kier alpha value is -2.98. The lowest BCUT2D eigenvalue weighted by molar-refractivity contribution is -0.116. The average molecular weight is 499 g/mol. The van der Waals surface area contributed by atoms with Crippen LogP contribution in [-0.4, -0.2) is 54.4 Å². The molecule has 0 unspecified atom stereocenters. The van der Waals surface area contributed by atoms with Gasteiger partial charge in [0.05, 0.1) is 44.5 Å². The molecule has 0 spiro atoms. The van der Waals surface area contributed by atoms with Gasteiger partial charge in [-0.1, -0.05) is 17.7 Å². The zero-order chi connectivity index (χ0) is 24.8. The zero-order valence-corrected chi connectivity index (χ0v) is 20.7. The van der Waals surface area contributed by atoms with Crippen molar-refractivity contribution in [2.24, 2.45) is 0 Å². The lowest BCUT2D eigenvalue weighted by Crippen LogP contribution is -2.32. The molecule has 1 amide bonds. The van der Waals surface area contributed by atoms with Crippen molar-refractivity contribution in [1.82, 2.24) is 0 Å². The van der Waals surface area contributed by atoms with Gasteiger partial charge in [-0.3, -0.25) is 9.10 Å². The first-order valence-corrected chi connectivity index (χ1v) is 12.1. The third kappa shape index (κ3) is 6.75. The Balaban J connectivity index is 2.17. The van der Waals surface area contributed by atoms with Gasteiger partial charge in [0.25, 0.3) is 0 Å². The second kappa shape index (κ2) is 11.2. The number of nitrogens with zero attached hydrogens (tertiary/aromatic N) is 1. The maximum atomic E-state index is 12.6. The fraction of sp³-hybridized carbons (Fsp3) is 0.364. The van der Waals surface area contributed by atoms with Gasteiger partial charge in [-0.2, -0.15) is 0 Å². The Labute approximate surface area is 198 Å². The fourth-order valence-corrected chi connectivity index (χ4v) is 4.35. The van der Waals surface area contributed by atoms with Gasteiger partial charge in [0.1, 0.15) is 0 Å². The van der Waals surface area contributed by atoms with Crippen molar-refractivity contribution in [2.45, 2.75) is 19.8 Å². The van der Waals surface area contributed by atoms with Crippen LogP contribution in [0.25, 0.3) is 0 Å². The molecule has 0 atom stereocenters. The summed E-state index contributed by atoms with van der Waals surface area (Å²) in [7, 11) is 0.476. The maximum absolute atomic E-state index is 12.6. The van der Waals surface area contributed by atoms with Crippen molar-refractivity contribution in [3.05, 3.63) is 46.5 Å². The van der Waals surface area contributed by atoms with Gasteiger partial charge in [-0.15, -0.1) is 0 Å². The summed E-state index contributed by atoms with van der Waals surface area (Å²) in [6.45, 7) is 1.85. The first kappa shape index (κ1) is 26.3. The molecule has 2 aromatic rings. The number of methoxy groups -OCH3 is 3. The molecule has 0 aromatic heterocycles. The lowest BCUT2D eigenvalue weighted by Gasteiger charge is -2.24. The molecule has 0 fully saturated rings. The summed E-state index contributed by atoms with van der Waals surface area (Å²) in [5.41, 5.74) is 1.48. The summed E-state index contributed by atoms with van der Waals surface area (Å²) in [6, 6.07) is 7.85. The first-order valence-electron chi connectivity index (χ1n) is 9.89. The Kier molecular flexibility index (Phi) is 8.95. The van der Waals surface area contributed by atoms with Crippen LogP contribution in [0.2, 0.25) is 5.02 Å². The molecule has 0 saturated heterocycles. The molecule has 180 valence electrons. The van der Waals surface area contributed by atoms with E-state index in [2.05, 4.69) is 5.32 Å². The van der Waals surface area contributed by atoms with E-state index in [1.54, 1.807) is 25.1 Å². The minimum Gasteiger partial charge on any atom is -0.493 e. The molecule has 2 rings (SSSR count). The maximum Gasteiger partial charge on any atom is 0.340 e. The van der Waals surface area contributed by atoms with E-state index in [4.69, 9.17) is 25.8 Å². The number of hydrogen-bond acceptors (Lipinski definition) is 7. The topological polar surface area (TPSA) is 111 Å². The summed E-state index contributed by atoms with van der Waals surface area (Å²) in [5, 5.41) is 3.07. The van der Waals surface area contributed by atoms with Crippen LogP contribution in [0.5, 0.6) is 11.5 Å². The summed E-state index contributed by atoms with van der Waals surface area (Å²) < 4.78 is 41.1. The van der Waals surface area contributed by atoms with Crippen LogP contribution in [-0.2, 0) is 19.6 Å². The number of amides is 1. The number of ether oxygens (including phenoxy) is 3.